The van der Waals surface area contributed by atoms with Gasteiger partial charge in [0, 0.05) is 38.9 Å². The number of carbonyl (C=O) groups excluding carboxylic acids is 2. The van der Waals surface area contributed by atoms with Gasteiger partial charge in [-0.05, 0) is 13.0 Å². The van der Waals surface area contributed by atoms with Crippen LogP contribution in [0.25, 0.3) is 0 Å². The van der Waals surface area contributed by atoms with Gasteiger partial charge >= 0.3 is 0 Å². The molecule has 1 fully saturated rings. The molecule has 19 heavy (non-hydrogen) atoms. The van der Waals surface area contributed by atoms with Crippen LogP contribution in [-0.4, -0.2) is 61.4 Å². The van der Waals surface area contributed by atoms with Crippen LogP contribution >= 0.6 is 0 Å². The van der Waals surface area contributed by atoms with E-state index in [1.54, 1.807) is 4.90 Å². The molecule has 1 saturated heterocycles. The zero-order valence-corrected chi connectivity index (χ0v) is 10.8. The van der Waals surface area contributed by atoms with Gasteiger partial charge in [-0.1, -0.05) is 0 Å². The first-order chi connectivity index (χ1) is 9.22. The second-order valence-corrected chi connectivity index (χ2v) is 4.18. The predicted octanol–water partition coefficient (Wildman–Crippen LogP) is -1.37. The van der Waals surface area contributed by atoms with Crippen molar-refractivity contribution in [1.29, 1.82) is 5.26 Å². The minimum atomic E-state index is -0.330. The lowest BCUT2D eigenvalue weighted by Gasteiger charge is -2.27. The van der Waals surface area contributed by atoms with Crippen molar-refractivity contribution in [1.82, 2.24) is 15.1 Å². The molecular weight excluding hydrogens is 246 g/mol. The predicted molar refractivity (Wildman–Crippen MR) is 69.6 cm³/mol. The van der Waals surface area contributed by atoms with Gasteiger partial charge in [0.05, 0.1) is 0 Å². The van der Waals surface area contributed by atoms with Gasteiger partial charge in [-0.25, -0.2) is 0 Å². The lowest BCUT2D eigenvalue weighted by molar-refractivity contribution is -0.127. The standard InChI is InChI=1S/C12H19N5O2/c13-2-1-5-16(10-18)9-11(8-14)12(19)17-6-3-15-4-7-17/h9-10,15H,1-7,13H2/b11-9-. The number of carbonyl (C=O) groups is 2. The number of nitrogens with two attached hydrogens (primary N) is 1. The second-order valence-electron chi connectivity index (χ2n) is 4.18. The highest BCUT2D eigenvalue weighted by molar-refractivity contribution is 5.97. The van der Waals surface area contributed by atoms with Crippen LogP contribution in [0.1, 0.15) is 6.42 Å². The monoisotopic (exact) mass is 265 g/mol. The molecule has 1 rings (SSSR count). The van der Waals surface area contributed by atoms with Crippen molar-refractivity contribution in [3.63, 3.8) is 0 Å². The van der Waals surface area contributed by atoms with Crippen molar-refractivity contribution >= 4 is 12.3 Å². The Morgan fingerprint density at radius 2 is 2.16 bits per heavy atom. The Kier molecular flexibility index (Phi) is 6.57. The zero-order chi connectivity index (χ0) is 14.1. The lowest BCUT2D eigenvalue weighted by atomic mass is 10.2. The SMILES string of the molecule is N#C/C(=C/N(C=O)CCCN)C(=O)N1CCNCC1. The maximum Gasteiger partial charge on any atom is 0.266 e. The van der Waals surface area contributed by atoms with E-state index in [2.05, 4.69) is 5.32 Å². The van der Waals surface area contributed by atoms with E-state index in [0.717, 1.165) is 13.1 Å². The molecule has 0 unspecified atom stereocenters. The number of piperazine rings is 1. The van der Waals surface area contributed by atoms with Crippen molar-refractivity contribution < 1.29 is 9.59 Å². The summed E-state index contributed by atoms with van der Waals surface area (Å²) in [7, 11) is 0. The minimum absolute atomic E-state index is 0.0222. The van der Waals surface area contributed by atoms with E-state index in [1.165, 1.54) is 11.1 Å². The normalized spacial score (nSPS) is 15.8. The molecule has 7 nitrogen and oxygen atoms in total. The van der Waals surface area contributed by atoms with E-state index in [0.29, 0.717) is 39.0 Å². The van der Waals surface area contributed by atoms with Crippen molar-refractivity contribution in [2.45, 2.75) is 6.42 Å². The highest BCUT2D eigenvalue weighted by Crippen LogP contribution is 2.04. The summed E-state index contributed by atoms with van der Waals surface area (Å²) in [6.45, 7) is 3.43. The van der Waals surface area contributed by atoms with Crippen LogP contribution in [0.4, 0.5) is 0 Å². The summed E-state index contributed by atoms with van der Waals surface area (Å²) in [4.78, 5) is 25.8. The Hall–Kier alpha value is -1.91. The number of hydrogen-bond donors (Lipinski definition) is 2. The zero-order valence-electron chi connectivity index (χ0n) is 10.8. The van der Waals surface area contributed by atoms with E-state index in [-0.39, 0.29) is 11.5 Å². The van der Waals surface area contributed by atoms with Gasteiger partial charge in [0.25, 0.3) is 5.91 Å². The second kappa shape index (κ2) is 8.24. The molecule has 0 saturated carbocycles. The number of nitriles is 1. The number of rotatable bonds is 6. The summed E-state index contributed by atoms with van der Waals surface area (Å²) in [5.41, 5.74) is 5.34. The molecule has 3 N–H and O–H groups in total. The minimum Gasteiger partial charge on any atom is -0.335 e. The van der Waals surface area contributed by atoms with E-state index in [1.807, 2.05) is 6.07 Å². The highest BCUT2D eigenvalue weighted by atomic mass is 16.2. The van der Waals surface area contributed by atoms with Gasteiger partial charge in [-0.15, -0.1) is 0 Å². The Bertz CT molecular complexity index is 382. The molecule has 0 radical (unpaired) electrons. The Morgan fingerprint density at radius 3 is 2.68 bits per heavy atom. The third-order valence-electron chi connectivity index (χ3n) is 2.81. The molecule has 7 heteroatoms. The fraction of sp³-hybridized carbons (Fsp3) is 0.583. The van der Waals surface area contributed by atoms with Crippen molar-refractivity contribution in [3.8, 4) is 6.07 Å². The number of amides is 2. The third kappa shape index (κ3) is 4.69. The average molecular weight is 265 g/mol. The van der Waals surface area contributed by atoms with Gasteiger partial charge in [0.15, 0.2) is 0 Å². The molecule has 2 amide bonds. The van der Waals surface area contributed by atoms with Gasteiger partial charge in [-0.2, -0.15) is 5.26 Å². The van der Waals surface area contributed by atoms with Gasteiger partial charge in [0.2, 0.25) is 6.41 Å². The van der Waals surface area contributed by atoms with E-state index >= 15 is 0 Å². The first-order valence-electron chi connectivity index (χ1n) is 6.26. The topological polar surface area (TPSA) is 102 Å². The van der Waals surface area contributed by atoms with Crippen LogP contribution < -0.4 is 11.1 Å². The molecule has 104 valence electrons. The van der Waals surface area contributed by atoms with Gasteiger partial charge in [-0.3, -0.25) is 9.59 Å². The number of nitrogens with zero attached hydrogens (tertiary/aromatic N) is 3. The van der Waals surface area contributed by atoms with E-state index in [4.69, 9.17) is 11.0 Å². The average Bonchev–Trinajstić information content (AvgIpc) is 2.48. The molecule has 0 aromatic carbocycles. The summed E-state index contributed by atoms with van der Waals surface area (Å²) >= 11 is 0. The fourth-order valence-electron chi connectivity index (χ4n) is 1.76. The lowest BCUT2D eigenvalue weighted by Crippen LogP contribution is -2.47. The van der Waals surface area contributed by atoms with E-state index in [9.17, 15) is 9.59 Å². The molecule has 1 heterocycles. The number of hydrogen-bond acceptors (Lipinski definition) is 5. The molecule has 0 spiro atoms. The van der Waals surface area contributed by atoms with Crippen LogP contribution in [0.15, 0.2) is 11.8 Å². The molecule has 0 atom stereocenters. The van der Waals surface area contributed by atoms with Crippen LogP contribution in [0.5, 0.6) is 0 Å². The Balaban J connectivity index is 2.71. The van der Waals surface area contributed by atoms with E-state index < -0.39 is 0 Å². The van der Waals surface area contributed by atoms with Crippen molar-refractivity contribution in [2.75, 3.05) is 39.3 Å². The molecular formula is C12H19N5O2. The van der Waals surface area contributed by atoms with Gasteiger partial charge in [0.1, 0.15) is 11.6 Å². The molecule has 0 bridgehead atoms. The van der Waals surface area contributed by atoms with Crippen LogP contribution in [0.3, 0.4) is 0 Å². The largest absolute Gasteiger partial charge is 0.335 e. The van der Waals surface area contributed by atoms with Gasteiger partial charge < -0.3 is 20.9 Å². The van der Waals surface area contributed by atoms with Crippen LogP contribution in [-0.2, 0) is 9.59 Å². The van der Waals surface area contributed by atoms with Crippen molar-refractivity contribution in [3.05, 3.63) is 11.8 Å². The molecule has 0 aliphatic carbocycles. The van der Waals surface area contributed by atoms with Crippen molar-refractivity contribution in [2.24, 2.45) is 5.73 Å². The first-order valence-corrected chi connectivity index (χ1v) is 6.26. The Labute approximate surface area is 112 Å². The maximum absolute atomic E-state index is 12.1. The summed E-state index contributed by atoms with van der Waals surface area (Å²) in [5.74, 6) is -0.330. The summed E-state index contributed by atoms with van der Waals surface area (Å²) < 4.78 is 0. The summed E-state index contributed by atoms with van der Waals surface area (Å²) in [5, 5.41) is 12.2. The molecule has 1 aliphatic rings. The first kappa shape index (κ1) is 15.1. The Morgan fingerprint density at radius 1 is 1.47 bits per heavy atom. The molecule has 1 aliphatic heterocycles. The highest BCUT2D eigenvalue weighted by Gasteiger charge is 2.20. The fourth-order valence-corrected chi connectivity index (χ4v) is 1.76. The summed E-state index contributed by atoms with van der Waals surface area (Å²) in [6.07, 6.45) is 2.51. The smallest absolute Gasteiger partial charge is 0.266 e. The quantitative estimate of drug-likeness (QED) is 0.350. The summed E-state index contributed by atoms with van der Waals surface area (Å²) in [6, 6.07) is 1.86. The third-order valence-corrected chi connectivity index (χ3v) is 2.81. The van der Waals surface area contributed by atoms with Crippen LogP contribution in [0.2, 0.25) is 0 Å². The molecule has 0 aromatic rings. The number of nitrogens with one attached hydrogen (secondary N) is 1. The van der Waals surface area contributed by atoms with Crippen LogP contribution in [0, 0.1) is 11.3 Å². The maximum atomic E-state index is 12.1. The molecule has 0 aromatic heterocycles.